The number of aliphatic hydroxyl groups is 1. The van der Waals surface area contributed by atoms with Crippen LogP contribution in [0.3, 0.4) is 0 Å². The summed E-state index contributed by atoms with van der Waals surface area (Å²) in [5.74, 6) is 0.306. The predicted molar refractivity (Wildman–Crippen MR) is 57.4 cm³/mol. The van der Waals surface area contributed by atoms with Gasteiger partial charge in [0, 0.05) is 24.5 Å². The summed E-state index contributed by atoms with van der Waals surface area (Å²) in [6, 6.07) is 0. The number of thiazole rings is 1. The third-order valence-electron chi connectivity index (χ3n) is 3.04. The Morgan fingerprint density at radius 3 is 3.29 bits per heavy atom. The van der Waals surface area contributed by atoms with Crippen molar-refractivity contribution in [1.82, 2.24) is 10.3 Å². The van der Waals surface area contributed by atoms with Crippen LogP contribution in [0.15, 0.2) is 11.6 Å². The summed E-state index contributed by atoms with van der Waals surface area (Å²) in [6.07, 6.45) is 3.33. The molecule has 4 heteroatoms. The van der Waals surface area contributed by atoms with Crippen molar-refractivity contribution in [2.75, 3.05) is 13.1 Å². The van der Waals surface area contributed by atoms with E-state index in [1.165, 1.54) is 0 Å². The zero-order valence-electron chi connectivity index (χ0n) is 8.36. The first-order chi connectivity index (χ1) is 6.71. The molecule has 2 rings (SSSR count). The first kappa shape index (κ1) is 10.1. The third-order valence-corrected chi connectivity index (χ3v) is 3.82. The normalized spacial score (nSPS) is 33.1. The number of rotatable bonds is 2. The average Bonchev–Trinajstić information content (AvgIpc) is 2.63. The molecule has 2 unspecified atom stereocenters. The molecule has 0 bridgehead atoms. The van der Waals surface area contributed by atoms with Crippen molar-refractivity contribution in [3.63, 3.8) is 0 Å². The molecule has 0 saturated carbocycles. The van der Waals surface area contributed by atoms with Crippen LogP contribution in [-0.4, -0.2) is 28.8 Å². The van der Waals surface area contributed by atoms with Gasteiger partial charge >= 0.3 is 0 Å². The van der Waals surface area contributed by atoms with Gasteiger partial charge in [0.15, 0.2) is 0 Å². The summed E-state index contributed by atoms with van der Waals surface area (Å²) in [4.78, 5) is 4.23. The van der Waals surface area contributed by atoms with Gasteiger partial charge in [0.25, 0.3) is 0 Å². The van der Waals surface area contributed by atoms with Crippen LogP contribution in [-0.2, 0) is 6.42 Å². The highest BCUT2D eigenvalue weighted by molar-refractivity contribution is 7.09. The monoisotopic (exact) mass is 212 g/mol. The number of nitrogens with zero attached hydrogens (tertiary/aromatic N) is 1. The predicted octanol–water partition coefficient (Wildman–Crippen LogP) is 1.05. The number of aromatic nitrogens is 1. The Morgan fingerprint density at radius 1 is 1.79 bits per heavy atom. The van der Waals surface area contributed by atoms with E-state index in [1.807, 2.05) is 5.38 Å². The van der Waals surface area contributed by atoms with E-state index in [9.17, 15) is 5.11 Å². The van der Waals surface area contributed by atoms with Crippen molar-refractivity contribution in [3.8, 4) is 0 Å². The molecular formula is C10H16N2OS. The van der Waals surface area contributed by atoms with Gasteiger partial charge in [-0.1, -0.05) is 6.92 Å². The minimum absolute atomic E-state index is 0.306. The Labute approximate surface area is 88.2 Å². The second kappa shape index (κ2) is 3.96. The van der Waals surface area contributed by atoms with Crippen molar-refractivity contribution in [2.24, 2.45) is 5.92 Å². The van der Waals surface area contributed by atoms with Crippen LogP contribution < -0.4 is 5.32 Å². The van der Waals surface area contributed by atoms with Gasteiger partial charge in [-0.3, -0.25) is 0 Å². The smallest absolute Gasteiger partial charge is 0.0953 e. The van der Waals surface area contributed by atoms with Gasteiger partial charge in [0.05, 0.1) is 10.6 Å². The maximum Gasteiger partial charge on any atom is 0.0953 e. The van der Waals surface area contributed by atoms with Crippen molar-refractivity contribution in [1.29, 1.82) is 0 Å². The van der Waals surface area contributed by atoms with Gasteiger partial charge in [-0.2, -0.15) is 0 Å². The Morgan fingerprint density at radius 2 is 2.64 bits per heavy atom. The van der Waals surface area contributed by atoms with Gasteiger partial charge in [0.1, 0.15) is 0 Å². The Kier molecular flexibility index (Phi) is 2.85. The van der Waals surface area contributed by atoms with Crippen LogP contribution in [0.4, 0.5) is 0 Å². The van der Waals surface area contributed by atoms with Crippen LogP contribution in [0.2, 0.25) is 0 Å². The standard InChI is InChI=1S/C10H16N2OS/c1-8-7-11-3-2-10(8,13)6-9-12-4-5-14-9/h4-5,8,11,13H,2-3,6-7H2,1H3. The summed E-state index contributed by atoms with van der Waals surface area (Å²) in [5, 5.41) is 16.7. The molecular weight excluding hydrogens is 196 g/mol. The zero-order valence-corrected chi connectivity index (χ0v) is 9.18. The molecule has 1 saturated heterocycles. The van der Waals surface area contributed by atoms with Crippen molar-refractivity contribution < 1.29 is 5.11 Å². The largest absolute Gasteiger partial charge is 0.389 e. The fraction of sp³-hybridized carbons (Fsp3) is 0.700. The van der Waals surface area contributed by atoms with E-state index < -0.39 is 5.60 Å². The molecule has 3 nitrogen and oxygen atoms in total. The molecule has 1 aliphatic heterocycles. The van der Waals surface area contributed by atoms with Crippen molar-refractivity contribution in [3.05, 3.63) is 16.6 Å². The number of hydrogen-bond acceptors (Lipinski definition) is 4. The van der Waals surface area contributed by atoms with E-state index in [0.717, 1.165) is 24.5 Å². The molecule has 78 valence electrons. The molecule has 0 radical (unpaired) electrons. The van der Waals surface area contributed by atoms with Gasteiger partial charge in [-0.05, 0) is 18.9 Å². The molecule has 2 heterocycles. The second-order valence-corrected chi connectivity index (χ2v) is 5.04. The molecule has 1 fully saturated rings. The number of nitrogens with one attached hydrogen (secondary N) is 1. The molecule has 1 aromatic heterocycles. The van der Waals surface area contributed by atoms with Crippen LogP contribution >= 0.6 is 11.3 Å². The first-order valence-corrected chi connectivity index (χ1v) is 5.90. The fourth-order valence-corrected chi connectivity index (χ4v) is 2.66. The Hall–Kier alpha value is -0.450. The van der Waals surface area contributed by atoms with E-state index in [1.54, 1.807) is 17.5 Å². The van der Waals surface area contributed by atoms with Gasteiger partial charge in [-0.15, -0.1) is 11.3 Å². The molecule has 0 aromatic carbocycles. The lowest BCUT2D eigenvalue weighted by Crippen LogP contribution is -2.50. The lowest BCUT2D eigenvalue weighted by atomic mass is 9.81. The number of piperidine rings is 1. The summed E-state index contributed by atoms with van der Waals surface area (Å²) in [6.45, 7) is 3.91. The summed E-state index contributed by atoms with van der Waals surface area (Å²) < 4.78 is 0. The molecule has 2 atom stereocenters. The molecule has 2 N–H and O–H groups in total. The average molecular weight is 212 g/mol. The van der Waals surface area contributed by atoms with E-state index >= 15 is 0 Å². The van der Waals surface area contributed by atoms with Gasteiger partial charge < -0.3 is 10.4 Å². The minimum atomic E-state index is -0.552. The van der Waals surface area contributed by atoms with Gasteiger partial charge in [0.2, 0.25) is 0 Å². The van der Waals surface area contributed by atoms with Crippen molar-refractivity contribution in [2.45, 2.75) is 25.4 Å². The van der Waals surface area contributed by atoms with E-state index in [4.69, 9.17) is 0 Å². The fourth-order valence-electron chi connectivity index (χ4n) is 1.92. The second-order valence-electron chi connectivity index (χ2n) is 4.06. The molecule has 1 aliphatic rings. The van der Waals surface area contributed by atoms with Crippen LogP contribution in [0.5, 0.6) is 0 Å². The Bertz CT molecular complexity index is 288. The third kappa shape index (κ3) is 1.97. The maximum atomic E-state index is 10.4. The zero-order chi connectivity index (χ0) is 10.0. The highest BCUT2D eigenvalue weighted by atomic mass is 32.1. The lowest BCUT2D eigenvalue weighted by molar-refractivity contribution is -0.0329. The Balaban J connectivity index is 2.07. The van der Waals surface area contributed by atoms with Gasteiger partial charge in [-0.25, -0.2) is 4.98 Å². The summed E-state index contributed by atoms with van der Waals surface area (Å²) in [5.41, 5.74) is -0.552. The molecule has 0 aliphatic carbocycles. The molecule has 1 aromatic rings. The van der Waals surface area contributed by atoms with Crippen LogP contribution in [0, 0.1) is 5.92 Å². The highest BCUT2D eigenvalue weighted by Crippen LogP contribution is 2.28. The van der Waals surface area contributed by atoms with Crippen LogP contribution in [0.1, 0.15) is 18.4 Å². The maximum absolute atomic E-state index is 10.4. The summed E-state index contributed by atoms with van der Waals surface area (Å²) >= 11 is 1.63. The highest BCUT2D eigenvalue weighted by Gasteiger charge is 2.36. The van der Waals surface area contributed by atoms with E-state index in [0.29, 0.717) is 12.3 Å². The molecule has 14 heavy (non-hydrogen) atoms. The van der Waals surface area contributed by atoms with Crippen LogP contribution in [0.25, 0.3) is 0 Å². The van der Waals surface area contributed by atoms with E-state index in [2.05, 4.69) is 17.2 Å². The SMILES string of the molecule is CC1CNCCC1(O)Cc1nccs1. The molecule has 0 amide bonds. The summed E-state index contributed by atoms with van der Waals surface area (Å²) in [7, 11) is 0. The van der Waals surface area contributed by atoms with E-state index in [-0.39, 0.29) is 0 Å². The molecule has 0 spiro atoms. The lowest BCUT2D eigenvalue weighted by Gasteiger charge is -2.38. The quantitative estimate of drug-likeness (QED) is 0.770. The first-order valence-electron chi connectivity index (χ1n) is 5.02. The minimum Gasteiger partial charge on any atom is -0.389 e. The van der Waals surface area contributed by atoms with Crippen molar-refractivity contribution >= 4 is 11.3 Å². The number of hydrogen-bond donors (Lipinski definition) is 2. The topological polar surface area (TPSA) is 45.1 Å².